The van der Waals surface area contributed by atoms with Crippen molar-refractivity contribution in [1.82, 2.24) is 5.32 Å². The second-order valence-electron chi connectivity index (χ2n) is 4.93. The Morgan fingerprint density at radius 2 is 1.72 bits per heavy atom. The van der Waals surface area contributed by atoms with E-state index in [0.717, 1.165) is 18.2 Å². The largest absolute Gasteiger partial charge is 0.371 e. The standard InChI is InChI=1S/C15H13FN4O5/c16-11-5-6-13(19(22)23)10(7-11)8-18-15(21)9-17-12-3-1-2-4-14(12)20(24)25/h1-7,17H,8-9H2,(H,18,21). The lowest BCUT2D eigenvalue weighted by molar-refractivity contribution is -0.385. The van der Waals surface area contributed by atoms with Crippen LogP contribution in [0.1, 0.15) is 5.56 Å². The summed E-state index contributed by atoms with van der Waals surface area (Å²) in [6.07, 6.45) is 0. The fourth-order valence-electron chi connectivity index (χ4n) is 2.09. The summed E-state index contributed by atoms with van der Waals surface area (Å²) in [5, 5.41) is 26.8. The molecule has 0 spiro atoms. The van der Waals surface area contributed by atoms with Crippen LogP contribution in [0.4, 0.5) is 21.5 Å². The minimum absolute atomic E-state index is 0.0176. The van der Waals surface area contributed by atoms with Gasteiger partial charge in [-0.15, -0.1) is 0 Å². The Hall–Kier alpha value is -3.56. The van der Waals surface area contributed by atoms with Crippen molar-refractivity contribution >= 4 is 23.0 Å². The fourth-order valence-corrected chi connectivity index (χ4v) is 2.09. The molecule has 0 aromatic heterocycles. The van der Waals surface area contributed by atoms with E-state index in [4.69, 9.17) is 0 Å². The van der Waals surface area contributed by atoms with E-state index in [1.54, 1.807) is 6.07 Å². The number of nitro benzene ring substituents is 2. The highest BCUT2D eigenvalue weighted by Gasteiger charge is 2.16. The zero-order chi connectivity index (χ0) is 18.4. The van der Waals surface area contributed by atoms with Crippen LogP contribution >= 0.6 is 0 Å². The first-order chi connectivity index (χ1) is 11.9. The smallest absolute Gasteiger partial charge is 0.292 e. The molecule has 0 aliphatic carbocycles. The van der Waals surface area contributed by atoms with Crippen LogP contribution < -0.4 is 10.6 Å². The van der Waals surface area contributed by atoms with Gasteiger partial charge < -0.3 is 10.6 Å². The van der Waals surface area contributed by atoms with Gasteiger partial charge in [0.15, 0.2) is 0 Å². The molecular formula is C15H13FN4O5. The SMILES string of the molecule is O=C(CNc1ccccc1[N+](=O)[O-])NCc1cc(F)ccc1[N+](=O)[O-]. The van der Waals surface area contributed by atoms with Gasteiger partial charge in [0.1, 0.15) is 11.5 Å². The highest BCUT2D eigenvalue weighted by molar-refractivity contribution is 5.81. The molecule has 0 atom stereocenters. The molecule has 1 amide bonds. The second kappa shape index (κ2) is 7.81. The fraction of sp³-hybridized carbons (Fsp3) is 0.133. The molecular weight excluding hydrogens is 335 g/mol. The Labute approximate surface area is 140 Å². The molecule has 0 unspecified atom stereocenters. The van der Waals surface area contributed by atoms with Crippen molar-refractivity contribution in [1.29, 1.82) is 0 Å². The summed E-state index contributed by atoms with van der Waals surface area (Å²) in [5.41, 5.74) is -0.312. The Bertz CT molecular complexity index is 827. The summed E-state index contributed by atoms with van der Waals surface area (Å²) in [7, 11) is 0. The molecule has 0 fully saturated rings. The Morgan fingerprint density at radius 1 is 1.04 bits per heavy atom. The topological polar surface area (TPSA) is 127 Å². The van der Waals surface area contributed by atoms with Crippen molar-refractivity contribution < 1.29 is 19.0 Å². The highest BCUT2D eigenvalue weighted by atomic mass is 19.1. The molecule has 9 nitrogen and oxygen atoms in total. The number of halogens is 1. The zero-order valence-corrected chi connectivity index (χ0v) is 12.8. The number of para-hydroxylation sites is 2. The van der Waals surface area contributed by atoms with Crippen molar-refractivity contribution in [2.45, 2.75) is 6.54 Å². The molecule has 0 saturated carbocycles. The Balaban J connectivity index is 1.97. The lowest BCUT2D eigenvalue weighted by atomic mass is 10.1. The van der Waals surface area contributed by atoms with E-state index in [1.165, 1.54) is 18.2 Å². The maximum absolute atomic E-state index is 13.2. The van der Waals surface area contributed by atoms with Gasteiger partial charge in [0.2, 0.25) is 5.91 Å². The molecule has 0 aliphatic heterocycles. The highest BCUT2D eigenvalue weighted by Crippen LogP contribution is 2.23. The van der Waals surface area contributed by atoms with Crippen LogP contribution in [0.3, 0.4) is 0 Å². The lowest BCUT2D eigenvalue weighted by Crippen LogP contribution is -2.29. The number of nitro groups is 2. The summed E-state index contributed by atoms with van der Waals surface area (Å²) in [6, 6.07) is 8.74. The molecule has 2 rings (SSSR count). The van der Waals surface area contributed by atoms with E-state index in [0.29, 0.717) is 0 Å². The first-order valence-electron chi connectivity index (χ1n) is 7.05. The van der Waals surface area contributed by atoms with E-state index in [1.807, 2.05) is 0 Å². The Morgan fingerprint density at radius 3 is 2.40 bits per heavy atom. The van der Waals surface area contributed by atoms with Crippen LogP contribution in [-0.4, -0.2) is 22.3 Å². The van der Waals surface area contributed by atoms with Crippen LogP contribution in [0.15, 0.2) is 42.5 Å². The number of amides is 1. The van der Waals surface area contributed by atoms with E-state index < -0.39 is 21.6 Å². The summed E-state index contributed by atoms with van der Waals surface area (Å²) in [4.78, 5) is 32.3. The molecule has 2 aromatic carbocycles. The predicted octanol–water partition coefficient (Wildman–Crippen LogP) is 2.37. The van der Waals surface area contributed by atoms with Gasteiger partial charge in [0.25, 0.3) is 11.4 Å². The van der Waals surface area contributed by atoms with Gasteiger partial charge in [-0.05, 0) is 18.2 Å². The maximum Gasteiger partial charge on any atom is 0.292 e. The maximum atomic E-state index is 13.2. The first kappa shape index (κ1) is 17.8. The van der Waals surface area contributed by atoms with Gasteiger partial charge in [-0.3, -0.25) is 25.0 Å². The lowest BCUT2D eigenvalue weighted by Gasteiger charge is -2.08. The van der Waals surface area contributed by atoms with Gasteiger partial charge in [0.05, 0.1) is 22.0 Å². The normalized spacial score (nSPS) is 10.1. The van der Waals surface area contributed by atoms with Crippen molar-refractivity contribution in [2.24, 2.45) is 0 Å². The molecule has 0 aliphatic rings. The average Bonchev–Trinajstić information content (AvgIpc) is 2.58. The number of hydrogen-bond donors (Lipinski definition) is 2. The van der Waals surface area contributed by atoms with Crippen LogP contribution in [0.5, 0.6) is 0 Å². The minimum Gasteiger partial charge on any atom is -0.371 e. The van der Waals surface area contributed by atoms with E-state index in [9.17, 15) is 29.4 Å². The minimum atomic E-state index is -0.674. The predicted molar refractivity (Wildman–Crippen MR) is 86.5 cm³/mol. The van der Waals surface area contributed by atoms with E-state index in [2.05, 4.69) is 10.6 Å². The van der Waals surface area contributed by atoms with Gasteiger partial charge in [-0.2, -0.15) is 0 Å². The number of benzene rings is 2. The van der Waals surface area contributed by atoms with Crippen molar-refractivity contribution in [3.8, 4) is 0 Å². The van der Waals surface area contributed by atoms with Crippen LogP contribution in [-0.2, 0) is 11.3 Å². The monoisotopic (exact) mass is 348 g/mol. The molecule has 0 saturated heterocycles. The van der Waals surface area contributed by atoms with Gasteiger partial charge >= 0.3 is 0 Å². The van der Waals surface area contributed by atoms with Gasteiger partial charge in [-0.1, -0.05) is 12.1 Å². The summed E-state index contributed by atoms with van der Waals surface area (Å²) in [5.74, 6) is -1.22. The summed E-state index contributed by atoms with van der Waals surface area (Å²) in [6.45, 7) is -0.528. The third kappa shape index (κ3) is 4.70. The van der Waals surface area contributed by atoms with E-state index >= 15 is 0 Å². The number of nitrogens with zero attached hydrogens (tertiary/aromatic N) is 2. The van der Waals surface area contributed by atoms with Crippen molar-refractivity contribution in [3.05, 3.63) is 74.1 Å². The third-order valence-corrected chi connectivity index (χ3v) is 3.25. The summed E-state index contributed by atoms with van der Waals surface area (Å²) < 4.78 is 13.2. The van der Waals surface area contributed by atoms with Crippen molar-refractivity contribution in [2.75, 3.05) is 11.9 Å². The van der Waals surface area contributed by atoms with Crippen LogP contribution in [0.2, 0.25) is 0 Å². The molecule has 0 bridgehead atoms. The third-order valence-electron chi connectivity index (χ3n) is 3.25. The number of rotatable bonds is 7. The van der Waals surface area contributed by atoms with Gasteiger partial charge in [0, 0.05) is 18.7 Å². The number of carbonyl (C=O) groups is 1. The van der Waals surface area contributed by atoms with Crippen LogP contribution in [0, 0.1) is 26.0 Å². The first-order valence-corrected chi connectivity index (χ1v) is 7.05. The number of nitrogens with one attached hydrogen (secondary N) is 2. The van der Waals surface area contributed by atoms with E-state index in [-0.39, 0.29) is 35.7 Å². The van der Waals surface area contributed by atoms with Crippen molar-refractivity contribution in [3.63, 3.8) is 0 Å². The molecule has 2 N–H and O–H groups in total. The molecule has 130 valence electrons. The number of anilines is 1. The molecule has 2 aromatic rings. The quantitative estimate of drug-likeness (QED) is 0.584. The molecule has 10 heteroatoms. The number of carbonyl (C=O) groups excluding carboxylic acids is 1. The Kier molecular flexibility index (Phi) is 5.56. The molecule has 0 radical (unpaired) electrons. The molecule has 0 heterocycles. The van der Waals surface area contributed by atoms with Gasteiger partial charge in [-0.25, -0.2) is 4.39 Å². The number of hydrogen-bond acceptors (Lipinski definition) is 6. The average molecular weight is 348 g/mol. The summed E-state index contributed by atoms with van der Waals surface area (Å²) >= 11 is 0. The molecule has 25 heavy (non-hydrogen) atoms. The second-order valence-corrected chi connectivity index (χ2v) is 4.93. The van der Waals surface area contributed by atoms with Crippen LogP contribution in [0.25, 0.3) is 0 Å². The zero-order valence-electron chi connectivity index (χ0n) is 12.8.